The Bertz CT molecular complexity index is 1530. The smallest absolute Gasteiger partial charge is 0.228 e. The minimum absolute atomic E-state index is 0.0286. The van der Waals surface area contributed by atoms with Crippen LogP contribution < -0.4 is 15.1 Å². The molecule has 38 heavy (non-hydrogen) atoms. The molecule has 0 radical (unpaired) electrons. The van der Waals surface area contributed by atoms with Crippen molar-refractivity contribution in [3.63, 3.8) is 0 Å². The van der Waals surface area contributed by atoms with E-state index in [9.17, 15) is 4.79 Å². The molecule has 1 saturated heterocycles. The van der Waals surface area contributed by atoms with Crippen molar-refractivity contribution in [3.8, 4) is 11.1 Å². The summed E-state index contributed by atoms with van der Waals surface area (Å²) in [6, 6.07) is 27.9. The van der Waals surface area contributed by atoms with Crippen LogP contribution in [0.5, 0.6) is 0 Å². The fourth-order valence-corrected chi connectivity index (χ4v) is 4.81. The highest BCUT2D eigenvalue weighted by Crippen LogP contribution is 2.26. The summed E-state index contributed by atoms with van der Waals surface area (Å²) in [4.78, 5) is 30.8. The number of hydrogen-bond acceptors (Lipinski definition) is 6. The van der Waals surface area contributed by atoms with Crippen LogP contribution in [0.1, 0.15) is 5.56 Å². The number of nitrogens with zero attached hydrogens (tertiary/aromatic N) is 5. The Hall–Kier alpha value is -4.78. The zero-order valence-corrected chi connectivity index (χ0v) is 21.0. The third kappa shape index (κ3) is 5.32. The topological polar surface area (TPSA) is 74.2 Å². The maximum absolute atomic E-state index is 12.4. The number of rotatable bonds is 6. The number of hydrogen-bond donors (Lipinski definition) is 1. The first kappa shape index (κ1) is 23.6. The van der Waals surface area contributed by atoms with Gasteiger partial charge in [-0.3, -0.25) is 14.8 Å². The fraction of sp³-hybridized carbons (Fsp3) is 0.161. The standard InChI is InChI=1S/C31H28N6O/c38-31(20-23-4-2-1-3-5-23)34-26-9-6-24(7-10-26)25-8-11-28-29(21-25)35-30(22-33-28)37-18-16-36(17-19-37)27-12-14-32-15-13-27/h1-15,21-22H,16-20H2,(H,34,38). The fourth-order valence-electron chi connectivity index (χ4n) is 4.81. The molecule has 0 spiro atoms. The molecule has 6 rings (SSSR count). The molecule has 1 amide bonds. The largest absolute Gasteiger partial charge is 0.368 e. The van der Waals surface area contributed by atoms with E-state index in [4.69, 9.17) is 4.98 Å². The molecule has 7 nitrogen and oxygen atoms in total. The van der Waals surface area contributed by atoms with Gasteiger partial charge in [-0.15, -0.1) is 0 Å². The van der Waals surface area contributed by atoms with Gasteiger partial charge < -0.3 is 15.1 Å². The van der Waals surface area contributed by atoms with E-state index in [1.54, 1.807) is 0 Å². The van der Waals surface area contributed by atoms with Gasteiger partial charge in [-0.1, -0.05) is 48.5 Å². The molecule has 0 atom stereocenters. The van der Waals surface area contributed by atoms with Crippen molar-refractivity contribution in [2.45, 2.75) is 6.42 Å². The lowest BCUT2D eigenvalue weighted by molar-refractivity contribution is -0.115. The Kier molecular flexibility index (Phi) is 6.64. The van der Waals surface area contributed by atoms with Gasteiger partial charge in [0.15, 0.2) is 0 Å². The first-order valence-corrected chi connectivity index (χ1v) is 12.8. The van der Waals surface area contributed by atoms with Gasteiger partial charge in [-0.25, -0.2) is 4.98 Å². The minimum Gasteiger partial charge on any atom is -0.368 e. The van der Waals surface area contributed by atoms with Crippen LogP contribution in [0, 0.1) is 0 Å². The second-order valence-corrected chi connectivity index (χ2v) is 9.40. The Morgan fingerprint density at radius 3 is 2.24 bits per heavy atom. The zero-order chi connectivity index (χ0) is 25.7. The van der Waals surface area contributed by atoms with E-state index in [0.717, 1.165) is 65.4 Å². The number of pyridine rings is 1. The van der Waals surface area contributed by atoms with E-state index in [0.29, 0.717) is 6.42 Å². The third-order valence-electron chi connectivity index (χ3n) is 6.87. The summed E-state index contributed by atoms with van der Waals surface area (Å²) in [6.07, 6.45) is 5.90. The van der Waals surface area contributed by atoms with Crippen molar-refractivity contribution in [2.75, 3.05) is 41.3 Å². The van der Waals surface area contributed by atoms with Crippen LogP contribution in [0.4, 0.5) is 17.2 Å². The number of amides is 1. The normalized spacial score (nSPS) is 13.5. The lowest BCUT2D eigenvalue weighted by Gasteiger charge is -2.36. The first-order chi connectivity index (χ1) is 18.7. The van der Waals surface area contributed by atoms with E-state index in [1.165, 1.54) is 5.69 Å². The molecule has 1 aliphatic rings. The molecule has 7 heteroatoms. The number of nitrogens with one attached hydrogen (secondary N) is 1. The van der Waals surface area contributed by atoms with Crippen molar-refractivity contribution in [3.05, 3.63) is 109 Å². The van der Waals surface area contributed by atoms with Gasteiger partial charge in [-0.05, 0) is 53.1 Å². The summed E-state index contributed by atoms with van der Waals surface area (Å²) in [7, 11) is 0. The molecule has 1 fully saturated rings. The Morgan fingerprint density at radius 1 is 0.763 bits per heavy atom. The van der Waals surface area contributed by atoms with Crippen molar-refractivity contribution >= 4 is 34.1 Å². The predicted molar refractivity (Wildman–Crippen MR) is 152 cm³/mol. The number of carbonyl (C=O) groups excluding carboxylic acids is 1. The van der Waals surface area contributed by atoms with Crippen molar-refractivity contribution in [1.29, 1.82) is 0 Å². The summed E-state index contributed by atoms with van der Waals surface area (Å²) < 4.78 is 0. The van der Waals surface area contributed by atoms with Gasteiger partial charge in [0.25, 0.3) is 0 Å². The van der Waals surface area contributed by atoms with Crippen LogP contribution in [0.25, 0.3) is 22.2 Å². The lowest BCUT2D eigenvalue weighted by atomic mass is 10.0. The molecule has 3 heterocycles. The summed E-state index contributed by atoms with van der Waals surface area (Å²) in [5, 5.41) is 2.98. The number of piperazine rings is 1. The van der Waals surface area contributed by atoms with Gasteiger partial charge >= 0.3 is 0 Å². The Labute approximate surface area is 221 Å². The number of benzene rings is 3. The maximum Gasteiger partial charge on any atom is 0.228 e. The first-order valence-electron chi connectivity index (χ1n) is 12.8. The molecule has 0 saturated carbocycles. The number of anilines is 3. The molecule has 2 aromatic heterocycles. The number of fused-ring (bicyclic) bond motifs is 1. The van der Waals surface area contributed by atoms with E-state index in [1.807, 2.05) is 79.3 Å². The van der Waals surface area contributed by atoms with Gasteiger partial charge in [0.1, 0.15) is 5.82 Å². The molecular weight excluding hydrogens is 472 g/mol. The highest BCUT2D eigenvalue weighted by Gasteiger charge is 2.19. The molecule has 3 aromatic carbocycles. The summed E-state index contributed by atoms with van der Waals surface area (Å²) in [5.74, 6) is 0.875. The number of aromatic nitrogens is 3. The van der Waals surface area contributed by atoms with Gasteiger partial charge in [0, 0.05) is 49.9 Å². The summed E-state index contributed by atoms with van der Waals surface area (Å²) in [5.41, 5.74) is 6.85. The average Bonchev–Trinajstić information content (AvgIpc) is 2.98. The molecule has 0 unspecified atom stereocenters. The molecular formula is C31H28N6O. The SMILES string of the molecule is O=C(Cc1ccccc1)Nc1ccc(-c2ccc3ncc(N4CCN(c5ccncc5)CC4)nc3c2)cc1. The van der Waals surface area contributed by atoms with Crippen LogP contribution >= 0.6 is 0 Å². The second kappa shape index (κ2) is 10.7. The summed E-state index contributed by atoms with van der Waals surface area (Å²) >= 11 is 0. The van der Waals surface area contributed by atoms with Gasteiger partial charge in [0.05, 0.1) is 23.7 Å². The molecule has 5 aromatic rings. The van der Waals surface area contributed by atoms with E-state index in [2.05, 4.69) is 49.4 Å². The summed E-state index contributed by atoms with van der Waals surface area (Å²) in [6.45, 7) is 3.63. The lowest BCUT2D eigenvalue weighted by Crippen LogP contribution is -2.46. The van der Waals surface area contributed by atoms with Gasteiger partial charge in [-0.2, -0.15) is 0 Å². The average molecular weight is 501 g/mol. The highest BCUT2D eigenvalue weighted by molar-refractivity contribution is 5.92. The van der Waals surface area contributed by atoms with Crippen molar-refractivity contribution in [2.24, 2.45) is 0 Å². The van der Waals surface area contributed by atoms with Crippen molar-refractivity contribution < 1.29 is 4.79 Å². The molecule has 1 aliphatic heterocycles. The molecule has 0 bridgehead atoms. The predicted octanol–water partition coefficient (Wildman–Crippen LogP) is 5.20. The van der Waals surface area contributed by atoms with Crippen LogP contribution in [0.2, 0.25) is 0 Å². The van der Waals surface area contributed by atoms with Crippen LogP contribution in [-0.2, 0) is 11.2 Å². The quantitative estimate of drug-likeness (QED) is 0.346. The highest BCUT2D eigenvalue weighted by atomic mass is 16.1. The zero-order valence-electron chi connectivity index (χ0n) is 21.0. The van der Waals surface area contributed by atoms with Crippen LogP contribution in [-0.4, -0.2) is 47.0 Å². The van der Waals surface area contributed by atoms with Crippen LogP contribution in [0.15, 0.2) is 104 Å². The van der Waals surface area contributed by atoms with Crippen LogP contribution in [0.3, 0.4) is 0 Å². The van der Waals surface area contributed by atoms with E-state index < -0.39 is 0 Å². The minimum atomic E-state index is -0.0286. The molecule has 188 valence electrons. The Balaban J connectivity index is 1.13. The third-order valence-corrected chi connectivity index (χ3v) is 6.87. The monoisotopic (exact) mass is 500 g/mol. The molecule has 1 N–H and O–H groups in total. The maximum atomic E-state index is 12.4. The van der Waals surface area contributed by atoms with E-state index in [-0.39, 0.29) is 5.91 Å². The Morgan fingerprint density at radius 2 is 1.47 bits per heavy atom. The van der Waals surface area contributed by atoms with E-state index >= 15 is 0 Å². The molecule has 0 aliphatic carbocycles. The number of carbonyl (C=O) groups is 1. The second-order valence-electron chi connectivity index (χ2n) is 9.40. The van der Waals surface area contributed by atoms with Gasteiger partial charge in [0.2, 0.25) is 5.91 Å². The van der Waals surface area contributed by atoms with Crippen molar-refractivity contribution in [1.82, 2.24) is 15.0 Å².